The number of carboxylic acids is 1. The van der Waals surface area contributed by atoms with Crippen molar-refractivity contribution in [2.75, 3.05) is 19.6 Å². The van der Waals surface area contributed by atoms with E-state index >= 15 is 0 Å². The molecule has 11 heavy (non-hydrogen) atoms. The molecule has 4 nitrogen and oxygen atoms in total. The molecule has 4 heteroatoms. The van der Waals surface area contributed by atoms with Crippen LogP contribution in [0.4, 0.5) is 0 Å². The van der Waals surface area contributed by atoms with Crippen molar-refractivity contribution in [3.8, 4) is 0 Å². The number of carbonyl (C=O) groups excluding carboxylic acids is 1. The first kappa shape index (κ1) is 8.20. The second kappa shape index (κ2) is 3.48. The largest absolute Gasteiger partial charge is 0.481 e. The van der Waals surface area contributed by atoms with Crippen LogP contribution < -0.4 is 0 Å². The molecular weight excluding hydrogens is 146 g/mol. The van der Waals surface area contributed by atoms with E-state index in [2.05, 4.69) is 0 Å². The average Bonchev–Trinajstić information content (AvgIpc) is 1.84. The van der Waals surface area contributed by atoms with Crippen LogP contribution in [0.1, 0.15) is 6.42 Å². The molecule has 62 valence electrons. The molecule has 1 rings (SSSR count). The Morgan fingerprint density at radius 2 is 2.27 bits per heavy atom. The monoisotopic (exact) mass is 157 g/mol. The smallest absolute Gasteiger partial charge is 0.309 e. The molecule has 0 radical (unpaired) electrons. The molecule has 1 aliphatic heterocycles. The number of aldehydes is 1. The van der Waals surface area contributed by atoms with Crippen molar-refractivity contribution in [1.82, 2.24) is 4.90 Å². The molecule has 0 bridgehead atoms. The van der Waals surface area contributed by atoms with Gasteiger partial charge in [-0.25, -0.2) is 0 Å². The van der Waals surface area contributed by atoms with Crippen LogP contribution in [-0.4, -0.2) is 41.9 Å². The number of hydrogen-bond donors (Lipinski definition) is 1. The fourth-order valence-electron chi connectivity index (χ4n) is 1.14. The number of likely N-dealkylation sites (tertiary alicyclic amines) is 1. The highest BCUT2D eigenvalue weighted by molar-refractivity contribution is 5.71. The summed E-state index contributed by atoms with van der Waals surface area (Å²) in [5.74, 6) is -0.936. The van der Waals surface area contributed by atoms with Gasteiger partial charge >= 0.3 is 5.97 Å². The summed E-state index contributed by atoms with van der Waals surface area (Å²) in [7, 11) is 0. The Labute approximate surface area is 64.8 Å². The van der Waals surface area contributed by atoms with Crippen LogP contribution in [0.5, 0.6) is 0 Å². The summed E-state index contributed by atoms with van der Waals surface area (Å²) in [5, 5.41) is 8.48. The molecule has 1 aliphatic rings. The predicted molar refractivity (Wildman–Crippen MR) is 38.2 cm³/mol. The lowest BCUT2D eigenvalue weighted by atomic mass is 10.0. The van der Waals surface area contributed by atoms with Gasteiger partial charge in [0.05, 0.1) is 5.92 Å². The first-order valence-corrected chi connectivity index (χ1v) is 3.63. The maximum atomic E-state index is 10.3. The van der Waals surface area contributed by atoms with Crippen LogP contribution >= 0.6 is 0 Å². The number of aliphatic carboxylic acids is 1. The van der Waals surface area contributed by atoms with Crippen LogP contribution in [0.2, 0.25) is 0 Å². The highest BCUT2D eigenvalue weighted by atomic mass is 16.4. The normalized spacial score (nSPS) is 19.3. The predicted octanol–water partition coefficient (Wildman–Crippen LogP) is -0.408. The summed E-state index contributed by atoms with van der Waals surface area (Å²) in [6, 6.07) is 0. The van der Waals surface area contributed by atoms with Gasteiger partial charge in [0, 0.05) is 26.1 Å². The number of carbonyl (C=O) groups is 2. The third-order valence-corrected chi connectivity index (χ3v) is 1.87. The number of carboxylic acid groups (broad SMARTS) is 1. The maximum Gasteiger partial charge on any atom is 0.309 e. The van der Waals surface area contributed by atoms with Crippen molar-refractivity contribution in [2.24, 2.45) is 5.92 Å². The fraction of sp³-hybridized carbons (Fsp3) is 0.714. The lowest BCUT2D eigenvalue weighted by molar-refractivity contribution is -0.147. The van der Waals surface area contributed by atoms with E-state index in [1.165, 1.54) is 0 Å². The van der Waals surface area contributed by atoms with Crippen molar-refractivity contribution in [1.29, 1.82) is 0 Å². The van der Waals surface area contributed by atoms with Gasteiger partial charge in [-0.3, -0.25) is 4.79 Å². The van der Waals surface area contributed by atoms with Crippen molar-refractivity contribution >= 4 is 12.3 Å². The van der Waals surface area contributed by atoms with Gasteiger partial charge in [-0.05, 0) is 0 Å². The van der Waals surface area contributed by atoms with E-state index < -0.39 is 5.97 Å². The lowest BCUT2D eigenvalue weighted by Gasteiger charge is -2.36. The van der Waals surface area contributed by atoms with E-state index in [0.29, 0.717) is 26.1 Å². The van der Waals surface area contributed by atoms with Crippen LogP contribution in [0.25, 0.3) is 0 Å². The Morgan fingerprint density at radius 3 is 2.73 bits per heavy atom. The Morgan fingerprint density at radius 1 is 1.64 bits per heavy atom. The molecule has 0 aromatic carbocycles. The topological polar surface area (TPSA) is 57.6 Å². The van der Waals surface area contributed by atoms with Crippen molar-refractivity contribution in [2.45, 2.75) is 6.42 Å². The van der Waals surface area contributed by atoms with Gasteiger partial charge in [0.2, 0.25) is 0 Å². The summed E-state index contributed by atoms with van der Waals surface area (Å²) in [6.07, 6.45) is 1.36. The third-order valence-electron chi connectivity index (χ3n) is 1.87. The first-order valence-electron chi connectivity index (χ1n) is 3.63. The summed E-state index contributed by atoms with van der Waals surface area (Å²) < 4.78 is 0. The van der Waals surface area contributed by atoms with E-state index in [4.69, 9.17) is 5.11 Å². The van der Waals surface area contributed by atoms with Crippen LogP contribution in [0.15, 0.2) is 0 Å². The Balaban J connectivity index is 2.09. The molecule has 0 atom stereocenters. The van der Waals surface area contributed by atoms with Gasteiger partial charge in [-0.2, -0.15) is 0 Å². The number of nitrogens with zero attached hydrogens (tertiary/aromatic N) is 1. The van der Waals surface area contributed by atoms with Crippen molar-refractivity contribution in [3.05, 3.63) is 0 Å². The molecule has 0 amide bonds. The standard InChI is InChI=1S/C7H11NO3/c9-3-1-2-8-4-6(5-8)7(10)11/h3,6H,1-2,4-5H2,(H,10,11). The van der Waals surface area contributed by atoms with Gasteiger partial charge in [-0.15, -0.1) is 0 Å². The lowest BCUT2D eigenvalue weighted by Crippen LogP contribution is -2.50. The van der Waals surface area contributed by atoms with Gasteiger partial charge in [0.1, 0.15) is 6.29 Å². The quantitative estimate of drug-likeness (QED) is 0.564. The third kappa shape index (κ3) is 2.01. The SMILES string of the molecule is O=CCCN1CC(C(=O)O)C1. The minimum Gasteiger partial charge on any atom is -0.481 e. The van der Waals surface area contributed by atoms with E-state index in [-0.39, 0.29) is 5.92 Å². The Hall–Kier alpha value is -0.900. The zero-order valence-corrected chi connectivity index (χ0v) is 6.19. The van der Waals surface area contributed by atoms with Crippen LogP contribution in [0, 0.1) is 5.92 Å². The van der Waals surface area contributed by atoms with Crippen LogP contribution in [-0.2, 0) is 9.59 Å². The summed E-state index contributed by atoms with van der Waals surface area (Å²) >= 11 is 0. The zero-order chi connectivity index (χ0) is 8.27. The first-order chi connectivity index (χ1) is 5.24. The molecule has 1 fully saturated rings. The second-order valence-electron chi connectivity index (χ2n) is 2.75. The summed E-state index contributed by atoms with van der Waals surface area (Å²) in [4.78, 5) is 22.2. The highest BCUT2D eigenvalue weighted by Crippen LogP contribution is 2.14. The Bertz CT molecular complexity index is 163. The number of rotatable bonds is 4. The molecule has 0 aromatic rings. The number of hydrogen-bond acceptors (Lipinski definition) is 3. The Kier molecular flexibility index (Phi) is 2.59. The summed E-state index contributed by atoms with van der Waals surface area (Å²) in [6.45, 7) is 1.90. The van der Waals surface area contributed by atoms with E-state index in [0.717, 1.165) is 6.29 Å². The van der Waals surface area contributed by atoms with Crippen molar-refractivity contribution in [3.63, 3.8) is 0 Å². The molecule has 0 unspecified atom stereocenters. The molecule has 0 aliphatic carbocycles. The molecule has 0 aromatic heterocycles. The fourth-order valence-corrected chi connectivity index (χ4v) is 1.14. The minimum absolute atomic E-state index is 0.207. The molecular formula is C7H11NO3. The van der Waals surface area contributed by atoms with E-state index in [1.807, 2.05) is 4.90 Å². The van der Waals surface area contributed by atoms with Gasteiger partial charge in [-0.1, -0.05) is 0 Å². The zero-order valence-electron chi connectivity index (χ0n) is 6.19. The van der Waals surface area contributed by atoms with Gasteiger partial charge in [0.25, 0.3) is 0 Å². The van der Waals surface area contributed by atoms with Crippen molar-refractivity contribution < 1.29 is 14.7 Å². The van der Waals surface area contributed by atoms with E-state index in [9.17, 15) is 9.59 Å². The molecule has 1 N–H and O–H groups in total. The minimum atomic E-state index is -0.729. The maximum absolute atomic E-state index is 10.3. The van der Waals surface area contributed by atoms with E-state index in [1.54, 1.807) is 0 Å². The summed E-state index contributed by atoms with van der Waals surface area (Å²) in [5.41, 5.74) is 0. The average molecular weight is 157 g/mol. The molecule has 1 heterocycles. The van der Waals surface area contributed by atoms with Gasteiger partial charge in [0.15, 0.2) is 0 Å². The molecule has 1 saturated heterocycles. The molecule has 0 saturated carbocycles. The van der Waals surface area contributed by atoms with Crippen LogP contribution in [0.3, 0.4) is 0 Å². The van der Waals surface area contributed by atoms with Gasteiger partial charge < -0.3 is 14.8 Å². The highest BCUT2D eigenvalue weighted by Gasteiger charge is 2.31. The second-order valence-corrected chi connectivity index (χ2v) is 2.75. The molecule has 0 spiro atoms.